The average molecular weight is 303 g/mol. The van der Waals surface area contributed by atoms with Gasteiger partial charge in [0.15, 0.2) is 0 Å². The maximum absolute atomic E-state index is 11.3. The van der Waals surface area contributed by atoms with E-state index in [9.17, 15) is 4.79 Å². The highest BCUT2D eigenvalue weighted by atomic mass is 79.9. The first-order chi connectivity index (χ1) is 7.22. The minimum atomic E-state index is -0.290. The first kappa shape index (κ1) is 10.9. The molecular weight excluding hydrogens is 296 g/mol. The monoisotopic (exact) mass is 302 g/mol. The number of halogens is 1. The molecule has 0 aliphatic heterocycles. The normalized spacial score (nSPS) is 10.3. The van der Waals surface area contributed by atoms with Crippen LogP contribution in [0.5, 0.6) is 0 Å². The zero-order chi connectivity index (χ0) is 10.8. The van der Waals surface area contributed by atoms with Gasteiger partial charge in [-0.05, 0) is 38.8 Å². The van der Waals surface area contributed by atoms with E-state index in [4.69, 9.17) is 0 Å². The van der Waals surface area contributed by atoms with Crippen molar-refractivity contribution < 1.29 is 9.53 Å². The predicted octanol–water partition coefficient (Wildman–Crippen LogP) is 4.03. The molecule has 0 saturated heterocycles. The first-order valence-corrected chi connectivity index (χ1v) is 6.68. The molecule has 2 heterocycles. The molecule has 2 aromatic rings. The number of carbonyl (C=O) groups excluding carboxylic acids is 1. The number of hydrogen-bond donors (Lipinski definition) is 0. The van der Waals surface area contributed by atoms with Gasteiger partial charge in [-0.1, -0.05) is 0 Å². The van der Waals surface area contributed by atoms with E-state index in [0.717, 1.165) is 14.9 Å². The zero-order valence-electron chi connectivity index (χ0n) is 7.82. The molecular formula is C10H7BrO2S2. The summed E-state index contributed by atoms with van der Waals surface area (Å²) < 4.78 is 5.61. The fraction of sp³-hybridized carbons (Fsp3) is 0.100. The fourth-order valence-electron chi connectivity index (χ4n) is 1.16. The molecule has 0 unspecified atom stereocenters. The van der Waals surface area contributed by atoms with Crippen LogP contribution in [-0.2, 0) is 4.74 Å². The zero-order valence-corrected chi connectivity index (χ0v) is 11.0. The molecule has 0 spiro atoms. The third kappa shape index (κ3) is 2.14. The smallest absolute Gasteiger partial charge is 0.348 e. The van der Waals surface area contributed by atoms with Crippen LogP contribution in [0.25, 0.3) is 10.4 Å². The summed E-state index contributed by atoms with van der Waals surface area (Å²) in [4.78, 5) is 13.0. The Bertz CT molecular complexity index is 474. The lowest BCUT2D eigenvalue weighted by Crippen LogP contribution is -1.96. The van der Waals surface area contributed by atoms with Gasteiger partial charge in [0, 0.05) is 10.0 Å². The van der Waals surface area contributed by atoms with Crippen molar-refractivity contribution in [1.29, 1.82) is 0 Å². The molecule has 78 valence electrons. The number of methoxy groups -OCH3 is 1. The van der Waals surface area contributed by atoms with Crippen LogP contribution in [0, 0.1) is 0 Å². The Morgan fingerprint density at radius 1 is 1.53 bits per heavy atom. The van der Waals surface area contributed by atoms with Crippen molar-refractivity contribution in [2.45, 2.75) is 0 Å². The Morgan fingerprint density at radius 2 is 2.33 bits per heavy atom. The second-order valence-electron chi connectivity index (χ2n) is 2.79. The Morgan fingerprint density at radius 3 is 2.93 bits per heavy atom. The number of ether oxygens (including phenoxy) is 1. The molecule has 0 saturated carbocycles. The summed E-state index contributed by atoms with van der Waals surface area (Å²) in [5, 5.41) is 4.07. The maximum Gasteiger partial charge on any atom is 0.348 e. The lowest BCUT2D eigenvalue weighted by Gasteiger charge is -1.92. The second-order valence-corrected chi connectivity index (χ2v) is 5.48. The lowest BCUT2D eigenvalue weighted by molar-refractivity contribution is 0.0606. The summed E-state index contributed by atoms with van der Waals surface area (Å²) >= 11 is 6.51. The highest BCUT2D eigenvalue weighted by Crippen LogP contribution is 2.37. The van der Waals surface area contributed by atoms with Gasteiger partial charge in [0.1, 0.15) is 4.88 Å². The Balaban J connectivity index is 2.42. The SMILES string of the molecule is COC(=O)c1cc(Br)c(-c2ccsc2)s1. The summed E-state index contributed by atoms with van der Waals surface area (Å²) in [5.41, 5.74) is 1.13. The Kier molecular flexibility index (Phi) is 3.23. The van der Waals surface area contributed by atoms with E-state index >= 15 is 0 Å². The van der Waals surface area contributed by atoms with Crippen LogP contribution in [0.1, 0.15) is 9.67 Å². The van der Waals surface area contributed by atoms with Gasteiger partial charge in [-0.25, -0.2) is 4.79 Å². The van der Waals surface area contributed by atoms with Gasteiger partial charge in [0.2, 0.25) is 0 Å². The molecule has 0 bridgehead atoms. The average Bonchev–Trinajstić information content (AvgIpc) is 2.84. The molecule has 2 rings (SSSR count). The van der Waals surface area contributed by atoms with E-state index < -0.39 is 0 Å². The van der Waals surface area contributed by atoms with Gasteiger partial charge in [-0.3, -0.25) is 0 Å². The van der Waals surface area contributed by atoms with Crippen molar-refractivity contribution in [3.05, 3.63) is 32.2 Å². The van der Waals surface area contributed by atoms with Crippen LogP contribution >= 0.6 is 38.6 Å². The van der Waals surface area contributed by atoms with Gasteiger partial charge in [0.05, 0.1) is 12.0 Å². The van der Waals surface area contributed by atoms with Gasteiger partial charge in [-0.15, -0.1) is 11.3 Å². The number of thiophene rings is 2. The van der Waals surface area contributed by atoms with E-state index in [0.29, 0.717) is 4.88 Å². The maximum atomic E-state index is 11.3. The summed E-state index contributed by atoms with van der Waals surface area (Å²) in [7, 11) is 1.39. The van der Waals surface area contributed by atoms with E-state index in [2.05, 4.69) is 26.0 Å². The van der Waals surface area contributed by atoms with Crippen LogP contribution in [-0.4, -0.2) is 13.1 Å². The van der Waals surface area contributed by atoms with Crippen molar-refractivity contribution >= 4 is 44.6 Å². The van der Waals surface area contributed by atoms with Crippen molar-refractivity contribution in [1.82, 2.24) is 0 Å². The van der Waals surface area contributed by atoms with E-state index in [-0.39, 0.29) is 5.97 Å². The summed E-state index contributed by atoms with van der Waals surface area (Å²) in [5.74, 6) is -0.290. The second kappa shape index (κ2) is 4.47. The fourth-order valence-corrected chi connectivity index (χ4v) is 3.70. The van der Waals surface area contributed by atoms with Gasteiger partial charge < -0.3 is 4.74 Å². The highest BCUT2D eigenvalue weighted by molar-refractivity contribution is 9.10. The summed E-state index contributed by atoms with van der Waals surface area (Å²) in [6.07, 6.45) is 0. The molecule has 0 aliphatic rings. The molecule has 0 atom stereocenters. The van der Waals surface area contributed by atoms with Crippen molar-refractivity contribution in [3.8, 4) is 10.4 Å². The van der Waals surface area contributed by atoms with E-state index in [1.54, 1.807) is 17.4 Å². The van der Waals surface area contributed by atoms with E-state index in [1.165, 1.54) is 18.4 Å². The van der Waals surface area contributed by atoms with Gasteiger partial charge in [-0.2, -0.15) is 11.3 Å². The lowest BCUT2D eigenvalue weighted by atomic mass is 10.3. The standard InChI is InChI=1S/C10H7BrO2S2/c1-13-10(12)8-4-7(11)9(15-8)6-2-3-14-5-6/h2-5H,1H3. The van der Waals surface area contributed by atoms with Crippen LogP contribution in [0.4, 0.5) is 0 Å². The predicted molar refractivity (Wildman–Crippen MR) is 66.7 cm³/mol. The number of carbonyl (C=O) groups is 1. The Hall–Kier alpha value is -0.650. The van der Waals surface area contributed by atoms with Crippen LogP contribution < -0.4 is 0 Å². The Labute approximate surface area is 104 Å². The van der Waals surface area contributed by atoms with Crippen LogP contribution in [0.15, 0.2) is 27.4 Å². The highest BCUT2D eigenvalue weighted by Gasteiger charge is 2.14. The summed E-state index contributed by atoms with van der Waals surface area (Å²) in [6.45, 7) is 0. The third-order valence-electron chi connectivity index (χ3n) is 1.86. The van der Waals surface area contributed by atoms with Gasteiger partial charge >= 0.3 is 5.97 Å². The minimum Gasteiger partial charge on any atom is -0.465 e. The largest absolute Gasteiger partial charge is 0.465 e. The molecule has 0 amide bonds. The molecule has 5 heteroatoms. The molecule has 2 nitrogen and oxygen atoms in total. The molecule has 15 heavy (non-hydrogen) atoms. The van der Waals surface area contributed by atoms with Gasteiger partial charge in [0.25, 0.3) is 0 Å². The molecule has 0 N–H and O–H groups in total. The number of esters is 1. The van der Waals surface area contributed by atoms with E-state index in [1.807, 2.05) is 11.4 Å². The molecule has 0 radical (unpaired) electrons. The molecule has 0 aromatic carbocycles. The first-order valence-electron chi connectivity index (χ1n) is 4.12. The van der Waals surface area contributed by atoms with Crippen molar-refractivity contribution in [3.63, 3.8) is 0 Å². The third-order valence-corrected chi connectivity index (χ3v) is 4.59. The van der Waals surface area contributed by atoms with Crippen LogP contribution in [0.2, 0.25) is 0 Å². The van der Waals surface area contributed by atoms with Crippen LogP contribution in [0.3, 0.4) is 0 Å². The van der Waals surface area contributed by atoms with Crippen molar-refractivity contribution in [2.75, 3.05) is 7.11 Å². The topological polar surface area (TPSA) is 26.3 Å². The number of hydrogen-bond acceptors (Lipinski definition) is 4. The summed E-state index contributed by atoms with van der Waals surface area (Å²) in [6, 6.07) is 3.83. The quantitative estimate of drug-likeness (QED) is 0.783. The molecule has 2 aromatic heterocycles. The van der Waals surface area contributed by atoms with Crippen molar-refractivity contribution in [2.24, 2.45) is 0 Å². The number of rotatable bonds is 2. The molecule has 0 aliphatic carbocycles. The molecule has 0 fully saturated rings. The minimum absolute atomic E-state index is 0.290.